The van der Waals surface area contributed by atoms with Crippen molar-refractivity contribution in [2.75, 3.05) is 24.7 Å². The molecule has 4 aromatic rings. The number of thiazole rings is 1. The van der Waals surface area contributed by atoms with Crippen molar-refractivity contribution in [2.45, 2.75) is 19.9 Å². The summed E-state index contributed by atoms with van der Waals surface area (Å²) in [5, 5.41) is 1.18. The Morgan fingerprint density at radius 3 is 2.58 bits per heavy atom. The van der Waals surface area contributed by atoms with Crippen molar-refractivity contribution in [1.82, 2.24) is 14.5 Å². The smallest absolute Gasteiger partial charge is 0.266 e. The Bertz CT molecular complexity index is 1170. The molecule has 0 aliphatic carbocycles. The van der Waals surface area contributed by atoms with Gasteiger partial charge in [0.05, 0.1) is 22.7 Å². The van der Waals surface area contributed by atoms with Crippen molar-refractivity contribution in [3.63, 3.8) is 0 Å². The lowest BCUT2D eigenvalue weighted by Crippen LogP contribution is -2.36. The van der Waals surface area contributed by atoms with E-state index in [1.165, 1.54) is 11.3 Å². The van der Waals surface area contributed by atoms with E-state index in [9.17, 15) is 4.79 Å². The first-order valence-corrected chi connectivity index (χ1v) is 11.5. The predicted molar refractivity (Wildman–Crippen MR) is 134 cm³/mol. The summed E-state index contributed by atoms with van der Waals surface area (Å²) < 4.78 is 14.1. The second-order valence-electron chi connectivity index (χ2n) is 6.98. The zero-order valence-electron chi connectivity index (χ0n) is 18.0. The Morgan fingerprint density at radius 1 is 1.15 bits per heavy atom. The van der Waals surface area contributed by atoms with Gasteiger partial charge in [-0.25, -0.2) is 9.97 Å². The number of aryl methyl sites for hydroxylation is 1. The number of nitrogens with zero attached hydrogens (tertiary/aromatic N) is 4. The van der Waals surface area contributed by atoms with Crippen LogP contribution in [0.4, 0.5) is 5.13 Å². The zero-order valence-corrected chi connectivity index (χ0v) is 20.4. The summed E-state index contributed by atoms with van der Waals surface area (Å²) in [5.74, 6) is 1.20. The van der Waals surface area contributed by atoms with Crippen molar-refractivity contribution in [3.8, 4) is 11.5 Å². The van der Waals surface area contributed by atoms with Crippen LogP contribution < -0.4 is 14.4 Å². The molecule has 0 atom stereocenters. The summed E-state index contributed by atoms with van der Waals surface area (Å²) >= 11 is 7.74. The number of hydrogen-bond donors (Lipinski definition) is 0. The normalized spacial score (nSPS) is 10.6. The molecule has 174 valence electrons. The van der Waals surface area contributed by atoms with Gasteiger partial charge in [-0.15, -0.1) is 12.4 Å². The lowest BCUT2D eigenvalue weighted by atomic mass is 10.3. The van der Waals surface area contributed by atoms with Crippen molar-refractivity contribution >= 4 is 56.6 Å². The predicted octanol–water partition coefficient (Wildman–Crippen LogP) is 5.47. The average Bonchev–Trinajstić information content (AvgIpc) is 3.47. The Morgan fingerprint density at radius 2 is 1.91 bits per heavy atom. The van der Waals surface area contributed by atoms with Gasteiger partial charge in [0.25, 0.3) is 5.91 Å². The molecule has 0 saturated heterocycles. The second-order valence-corrected chi connectivity index (χ2v) is 8.39. The van der Waals surface area contributed by atoms with Crippen molar-refractivity contribution in [3.05, 3.63) is 66.2 Å². The quantitative estimate of drug-likeness (QED) is 0.285. The highest BCUT2D eigenvalue weighted by Crippen LogP contribution is 2.33. The van der Waals surface area contributed by atoms with Crippen LogP contribution in [0.3, 0.4) is 0 Å². The first-order chi connectivity index (χ1) is 15.6. The minimum absolute atomic E-state index is 0. The van der Waals surface area contributed by atoms with E-state index in [-0.39, 0.29) is 24.9 Å². The summed E-state index contributed by atoms with van der Waals surface area (Å²) in [6.45, 7) is 3.68. The fraction of sp³-hybridized carbons (Fsp3) is 0.261. The number of anilines is 1. The number of carbonyl (C=O) groups is 1. The van der Waals surface area contributed by atoms with Gasteiger partial charge in [-0.1, -0.05) is 29.0 Å². The van der Waals surface area contributed by atoms with E-state index < -0.39 is 0 Å². The van der Waals surface area contributed by atoms with Gasteiger partial charge < -0.3 is 14.0 Å². The summed E-state index contributed by atoms with van der Waals surface area (Å²) in [4.78, 5) is 23.5. The first kappa shape index (κ1) is 24.8. The number of benzene rings is 2. The standard InChI is InChI=1S/C23H23ClN4O3S.ClH/c1-2-30-17-7-9-18(10-8-17)31-15-21(29)28(13-4-12-27-14-11-25-16-27)23-26-22-19(24)5-3-6-20(22)32-23;/h3,5-11,14,16H,2,4,12-13,15H2,1H3;1H. The van der Waals surface area contributed by atoms with E-state index in [4.69, 9.17) is 21.1 Å². The van der Waals surface area contributed by atoms with Gasteiger partial charge in [0.2, 0.25) is 0 Å². The number of halogens is 2. The van der Waals surface area contributed by atoms with Gasteiger partial charge in [0.15, 0.2) is 11.7 Å². The number of rotatable bonds is 10. The van der Waals surface area contributed by atoms with Crippen LogP contribution in [0.5, 0.6) is 11.5 Å². The van der Waals surface area contributed by atoms with Crippen LogP contribution >= 0.6 is 35.3 Å². The van der Waals surface area contributed by atoms with Gasteiger partial charge in [0.1, 0.15) is 17.0 Å². The van der Waals surface area contributed by atoms with Crippen LogP contribution in [0.15, 0.2) is 61.2 Å². The summed E-state index contributed by atoms with van der Waals surface area (Å²) in [6.07, 6.45) is 6.15. The molecule has 33 heavy (non-hydrogen) atoms. The molecule has 0 aliphatic rings. The Kier molecular flexibility index (Phi) is 8.94. The molecule has 0 aliphatic heterocycles. The molecule has 0 unspecified atom stereocenters. The summed E-state index contributed by atoms with van der Waals surface area (Å²) in [6, 6.07) is 12.9. The molecule has 0 radical (unpaired) electrons. The molecule has 0 N–H and O–H groups in total. The van der Waals surface area contributed by atoms with Crippen LogP contribution in [0.1, 0.15) is 13.3 Å². The fourth-order valence-electron chi connectivity index (χ4n) is 3.20. The summed E-state index contributed by atoms with van der Waals surface area (Å²) in [7, 11) is 0. The molecular formula is C23H24Cl2N4O3S. The molecule has 4 rings (SSSR count). The molecule has 7 nitrogen and oxygen atoms in total. The van der Waals surface area contributed by atoms with Gasteiger partial charge in [-0.05, 0) is 49.7 Å². The number of para-hydroxylation sites is 1. The van der Waals surface area contributed by atoms with E-state index >= 15 is 0 Å². The zero-order chi connectivity index (χ0) is 22.3. The Hall–Kier alpha value is -2.81. The maximum Gasteiger partial charge on any atom is 0.266 e. The Labute approximate surface area is 207 Å². The number of ether oxygens (including phenoxy) is 2. The highest BCUT2D eigenvalue weighted by atomic mass is 35.5. The van der Waals surface area contributed by atoms with E-state index in [1.807, 2.05) is 42.0 Å². The highest BCUT2D eigenvalue weighted by molar-refractivity contribution is 7.22. The lowest BCUT2D eigenvalue weighted by molar-refractivity contribution is -0.120. The van der Waals surface area contributed by atoms with Crippen molar-refractivity contribution in [1.29, 1.82) is 0 Å². The molecule has 0 saturated carbocycles. The molecule has 0 bridgehead atoms. The fourth-order valence-corrected chi connectivity index (χ4v) is 4.51. The van der Waals surface area contributed by atoms with Gasteiger partial charge in [0, 0.05) is 25.5 Å². The van der Waals surface area contributed by atoms with E-state index in [1.54, 1.807) is 35.6 Å². The number of aromatic nitrogens is 3. The minimum Gasteiger partial charge on any atom is -0.494 e. The largest absolute Gasteiger partial charge is 0.494 e. The third-order valence-electron chi connectivity index (χ3n) is 4.74. The maximum absolute atomic E-state index is 13.1. The molecule has 2 heterocycles. The van der Waals surface area contributed by atoms with E-state index in [0.717, 1.165) is 23.4 Å². The number of imidazole rings is 1. The number of fused-ring (bicyclic) bond motifs is 1. The number of amides is 1. The maximum atomic E-state index is 13.1. The minimum atomic E-state index is -0.167. The molecule has 10 heteroatoms. The first-order valence-electron chi connectivity index (χ1n) is 10.3. The lowest BCUT2D eigenvalue weighted by Gasteiger charge is -2.20. The van der Waals surface area contributed by atoms with Crippen molar-refractivity contribution in [2.24, 2.45) is 0 Å². The summed E-state index contributed by atoms with van der Waals surface area (Å²) in [5.41, 5.74) is 0.703. The molecular weight excluding hydrogens is 483 g/mol. The van der Waals surface area contributed by atoms with Crippen LogP contribution in [-0.2, 0) is 11.3 Å². The van der Waals surface area contributed by atoms with E-state index in [0.29, 0.717) is 34.6 Å². The van der Waals surface area contributed by atoms with E-state index in [2.05, 4.69) is 9.97 Å². The van der Waals surface area contributed by atoms with Crippen LogP contribution in [-0.4, -0.2) is 40.2 Å². The molecule has 0 spiro atoms. The molecule has 2 aromatic carbocycles. The highest BCUT2D eigenvalue weighted by Gasteiger charge is 2.21. The van der Waals surface area contributed by atoms with Crippen LogP contribution in [0, 0.1) is 0 Å². The van der Waals surface area contributed by atoms with Crippen molar-refractivity contribution < 1.29 is 14.3 Å². The molecule has 0 fully saturated rings. The molecule has 2 aromatic heterocycles. The molecule has 1 amide bonds. The third-order valence-corrected chi connectivity index (χ3v) is 6.09. The monoisotopic (exact) mass is 506 g/mol. The van der Waals surface area contributed by atoms with Crippen LogP contribution in [0.25, 0.3) is 10.2 Å². The third kappa shape index (κ3) is 6.37. The van der Waals surface area contributed by atoms with Gasteiger partial charge in [-0.2, -0.15) is 0 Å². The van der Waals surface area contributed by atoms with Crippen LogP contribution in [0.2, 0.25) is 5.02 Å². The number of carbonyl (C=O) groups excluding carboxylic acids is 1. The SMILES string of the molecule is CCOc1ccc(OCC(=O)N(CCCn2ccnc2)c2nc3c(Cl)cccc3s2)cc1.Cl. The number of hydrogen-bond acceptors (Lipinski definition) is 6. The van der Waals surface area contributed by atoms with Gasteiger partial charge in [-0.3, -0.25) is 9.69 Å². The average molecular weight is 507 g/mol. The van der Waals surface area contributed by atoms with Gasteiger partial charge >= 0.3 is 0 Å². The second kappa shape index (κ2) is 11.9. The topological polar surface area (TPSA) is 69.5 Å². The Balaban J connectivity index is 0.00000306.